The molecule has 1 saturated heterocycles. The minimum Gasteiger partial charge on any atom is -0.268 e. The summed E-state index contributed by atoms with van der Waals surface area (Å²) in [5.74, 6) is -0.195. The summed E-state index contributed by atoms with van der Waals surface area (Å²) < 4.78 is 0.808. The highest BCUT2D eigenvalue weighted by Crippen LogP contribution is 2.53. The van der Waals surface area contributed by atoms with Crippen LogP contribution in [0.25, 0.3) is 0 Å². The molecule has 8 heteroatoms. The first-order chi connectivity index (χ1) is 9.20. The van der Waals surface area contributed by atoms with Crippen molar-refractivity contribution >= 4 is 46.4 Å². The fraction of sp³-hybridized carbons (Fsp3) is 0.273. The zero-order valence-electron chi connectivity index (χ0n) is 9.95. The van der Waals surface area contributed by atoms with Crippen molar-refractivity contribution < 1.29 is 9.59 Å². The van der Waals surface area contributed by atoms with E-state index in [1.807, 2.05) is 6.92 Å². The quantitative estimate of drug-likeness (QED) is 0.778. The molecule has 0 N–H and O–H groups in total. The Hall–Kier alpha value is -0.990. The minimum absolute atomic E-state index is 0.188. The molecule has 0 aromatic carbocycles. The summed E-state index contributed by atoms with van der Waals surface area (Å²) in [6, 6.07) is 0. The summed E-state index contributed by atoms with van der Waals surface area (Å²) in [5, 5.41) is 1.40. The van der Waals surface area contributed by atoms with E-state index in [4.69, 9.17) is 0 Å². The van der Waals surface area contributed by atoms with Crippen molar-refractivity contribution in [1.82, 2.24) is 14.9 Å². The van der Waals surface area contributed by atoms with E-state index >= 15 is 0 Å². The number of fused-ring (bicyclic) bond motifs is 1. The van der Waals surface area contributed by atoms with Crippen LogP contribution < -0.4 is 0 Å². The molecule has 0 atom stereocenters. The van der Waals surface area contributed by atoms with Gasteiger partial charge in [-0.1, -0.05) is 30.4 Å². The predicted octanol–water partition coefficient (Wildman–Crippen LogP) is 2.95. The number of aromatic nitrogens is 2. The topological polar surface area (TPSA) is 63.2 Å². The third kappa shape index (κ3) is 2.28. The molecular formula is C11H9N3O2S3. The van der Waals surface area contributed by atoms with Gasteiger partial charge in [0.25, 0.3) is 11.1 Å². The van der Waals surface area contributed by atoms with Crippen molar-refractivity contribution in [3.63, 3.8) is 0 Å². The van der Waals surface area contributed by atoms with Crippen molar-refractivity contribution in [2.75, 3.05) is 6.54 Å². The van der Waals surface area contributed by atoms with Crippen LogP contribution in [0.4, 0.5) is 4.79 Å². The Balaban J connectivity index is 1.91. The molecule has 19 heavy (non-hydrogen) atoms. The minimum atomic E-state index is -0.195. The van der Waals surface area contributed by atoms with Crippen LogP contribution in [0.5, 0.6) is 0 Å². The van der Waals surface area contributed by atoms with Crippen molar-refractivity contribution in [1.29, 1.82) is 0 Å². The van der Waals surface area contributed by atoms with E-state index in [-0.39, 0.29) is 11.1 Å². The molecule has 0 aliphatic carbocycles. The van der Waals surface area contributed by atoms with Crippen molar-refractivity contribution in [2.45, 2.75) is 23.4 Å². The SMILES string of the molecule is CCCN1C(=O)SC(=C2Sc3nccnc3S2)C1=O. The first-order valence-electron chi connectivity index (χ1n) is 5.65. The average molecular weight is 311 g/mol. The second kappa shape index (κ2) is 5.18. The van der Waals surface area contributed by atoms with Crippen molar-refractivity contribution in [2.24, 2.45) is 0 Å². The molecule has 2 aliphatic heterocycles. The average Bonchev–Trinajstić information content (AvgIpc) is 2.94. The van der Waals surface area contributed by atoms with Crippen LogP contribution in [0.2, 0.25) is 0 Å². The molecule has 1 aromatic heterocycles. The third-order valence-electron chi connectivity index (χ3n) is 2.49. The molecule has 0 bridgehead atoms. The molecule has 1 aromatic rings. The Bertz CT molecular complexity index is 576. The lowest BCUT2D eigenvalue weighted by molar-refractivity contribution is -0.122. The largest absolute Gasteiger partial charge is 0.293 e. The van der Waals surface area contributed by atoms with Gasteiger partial charge >= 0.3 is 0 Å². The van der Waals surface area contributed by atoms with E-state index < -0.39 is 0 Å². The molecule has 2 aliphatic rings. The van der Waals surface area contributed by atoms with Crippen LogP contribution in [0.3, 0.4) is 0 Å². The summed E-state index contributed by atoms with van der Waals surface area (Å²) in [4.78, 5) is 34.2. The molecule has 1 fully saturated rings. The Kier molecular flexibility index (Phi) is 3.55. The lowest BCUT2D eigenvalue weighted by Crippen LogP contribution is -2.28. The zero-order valence-corrected chi connectivity index (χ0v) is 12.4. The van der Waals surface area contributed by atoms with Crippen LogP contribution in [-0.4, -0.2) is 32.6 Å². The smallest absolute Gasteiger partial charge is 0.268 e. The molecule has 0 radical (unpaired) electrons. The van der Waals surface area contributed by atoms with Gasteiger partial charge in [0.2, 0.25) is 0 Å². The maximum atomic E-state index is 12.2. The molecule has 0 saturated carbocycles. The van der Waals surface area contributed by atoms with Gasteiger partial charge < -0.3 is 0 Å². The molecule has 0 unspecified atom stereocenters. The molecule has 3 heterocycles. The molecule has 2 amide bonds. The fourth-order valence-electron chi connectivity index (χ4n) is 1.68. The predicted molar refractivity (Wildman–Crippen MR) is 75.8 cm³/mol. The van der Waals surface area contributed by atoms with Gasteiger partial charge in [-0.05, 0) is 18.2 Å². The molecule has 3 rings (SSSR count). The Morgan fingerprint density at radius 3 is 2.32 bits per heavy atom. The standard InChI is InChI=1S/C11H9N3O2S3/c1-2-5-14-9(15)6(17-11(14)16)10-18-7-8(19-10)13-4-3-12-7/h3-4H,2,5H2,1H3. The number of rotatable bonds is 2. The summed E-state index contributed by atoms with van der Waals surface area (Å²) >= 11 is 3.82. The van der Waals surface area contributed by atoms with Crippen LogP contribution in [0.15, 0.2) is 31.6 Å². The van der Waals surface area contributed by atoms with E-state index in [1.165, 1.54) is 28.4 Å². The highest BCUT2D eigenvalue weighted by molar-refractivity contribution is 8.27. The molecular weight excluding hydrogens is 302 g/mol. The second-order valence-electron chi connectivity index (χ2n) is 3.81. The molecule has 0 spiro atoms. The van der Waals surface area contributed by atoms with Crippen molar-refractivity contribution in [3.8, 4) is 0 Å². The van der Waals surface area contributed by atoms with Gasteiger partial charge in [-0.15, -0.1) is 0 Å². The summed E-state index contributed by atoms with van der Waals surface area (Å²) in [5.41, 5.74) is 0. The Morgan fingerprint density at radius 1 is 1.11 bits per heavy atom. The lowest BCUT2D eigenvalue weighted by Gasteiger charge is -2.09. The summed E-state index contributed by atoms with van der Waals surface area (Å²) in [7, 11) is 0. The Labute approximate surface area is 122 Å². The van der Waals surface area contributed by atoms with Crippen LogP contribution in [-0.2, 0) is 4.79 Å². The Morgan fingerprint density at radius 2 is 1.74 bits per heavy atom. The highest BCUT2D eigenvalue weighted by atomic mass is 32.2. The van der Waals surface area contributed by atoms with Gasteiger partial charge in [-0.2, -0.15) is 0 Å². The lowest BCUT2D eigenvalue weighted by atomic mass is 10.4. The first-order valence-corrected chi connectivity index (χ1v) is 8.10. The van der Waals surface area contributed by atoms with Gasteiger partial charge in [-0.3, -0.25) is 14.5 Å². The summed E-state index contributed by atoms with van der Waals surface area (Å²) in [6.07, 6.45) is 4.01. The maximum Gasteiger partial charge on any atom is 0.293 e. The normalized spacial score (nSPS) is 18.5. The molecule has 5 nitrogen and oxygen atoms in total. The van der Waals surface area contributed by atoms with Gasteiger partial charge in [-0.25, -0.2) is 9.97 Å². The van der Waals surface area contributed by atoms with Crippen molar-refractivity contribution in [3.05, 3.63) is 21.5 Å². The second-order valence-corrected chi connectivity index (χ2v) is 7.03. The van der Waals surface area contributed by atoms with Gasteiger partial charge in [0.1, 0.15) is 15.0 Å². The van der Waals surface area contributed by atoms with Gasteiger partial charge in [0.15, 0.2) is 0 Å². The number of thioether (sulfide) groups is 3. The number of hydrogen-bond acceptors (Lipinski definition) is 7. The number of carbonyl (C=O) groups is 2. The zero-order chi connectivity index (χ0) is 13.4. The number of amides is 2. The number of hydrogen-bond donors (Lipinski definition) is 0. The first kappa shape index (κ1) is 13.0. The number of carbonyl (C=O) groups excluding carboxylic acids is 2. The van der Waals surface area contributed by atoms with Gasteiger partial charge in [0, 0.05) is 18.9 Å². The fourth-order valence-corrected chi connectivity index (χ4v) is 5.03. The van der Waals surface area contributed by atoms with Crippen LogP contribution >= 0.6 is 35.3 Å². The highest BCUT2D eigenvalue weighted by Gasteiger charge is 2.39. The van der Waals surface area contributed by atoms with Crippen LogP contribution in [0.1, 0.15) is 13.3 Å². The van der Waals surface area contributed by atoms with E-state index in [0.29, 0.717) is 11.4 Å². The maximum absolute atomic E-state index is 12.2. The monoisotopic (exact) mass is 311 g/mol. The van der Waals surface area contributed by atoms with Crippen LogP contribution in [0, 0.1) is 0 Å². The summed E-state index contributed by atoms with van der Waals surface area (Å²) in [6.45, 7) is 2.42. The van der Waals surface area contributed by atoms with E-state index in [1.54, 1.807) is 12.4 Å². The van der Waals surface area contributed by atoms with E-state index in [2.05, 4.69) is 9.97 Å². The van der Waals surface area contributed by atoms with E-state index in [0.717, 1.165) is 32.5 Å². The number of imide groups is 1. The third-order valence-corrected chi connectivity index (χ3v) is 6.12. The molecule has 98 valence electrons. The number of nitrogens with zero attached hydrogens (tertiary/aromatic N) is 3. The van der Waals surface area contributed by atoms with Gasteiger partial charge in [0.05, 0.1) is 4.24 Å². The van der Waals surface area contributed by atoms with E-state index in [9.17, 15) is 9.59 Å².